The normalized spacial score (nSPS) is 10.6. The molecule has 1 heterocycles. The fraction of sp³-hybridized carbons (Fsp3) is 0.267. The van der Waals surface area contributed by atoms with Crippen molar-refractivity contribution in [2.75, 3.05) is 13.7 Å². The van der Waals surface area contributed by atoms with Gasteiger partial charge in [0.1, 0.15) is 12.4 Å². The molecule has 2 rings (SSSR count). The van der Waals surface area contributed by atoms with Crippen molar-refractivity contribution in [3.05, 3.63) is 41.1 Å². The number of H-pyrrole nitrogens is 1. The van der Waals surface area contributed by atoms with Crippen LogP contribution in [0.2, 0.25) is 5.02 Å². The fourth-order valence-corrected chi connectivity index (χ4v) is 2.36. The Bertz CT molecular complexity index is 661. The van der Waals surface area contributed by atoms with Crippen molar-refractivity contribution in [1.29, 1.82) is 0 Å². The van der Waals surface area contributed by atoms with E-state index < -0.39 is 0 Å². The summed E-state index contributed by atoms with van der Waals surface area (Å²) in [4.78, 5) is 15.0. The zero-order valence-electron chi connectivity index (χ0n) is 11.5. The van der Waals surface area contributed by atoms with E-state index in [4.69, 9.17) is 21.1 Å². The highest BCUT2D eigenvalue weighted by molar-refractivity contribution is 6.32. The highest BCUT2D eigenvalue weighted by Gasteiger charge is 2.15. The monoisotopic (exact) mass is 293 g/mol. The maximum absolute atomic E-state index is 11.7. The van der Waals surface area contributed by atoms with Crippen LogP contribution >= 0.6 is 11.6 Å². The summed E-state index contributed by atoms with van der Waals surface area (Å²) in [6.07, 6.45) is 1.74. The predicted molar refractivity (Wildman–Crippen MR) is 79.5 cm³/mol. The zero-order chi connectivity index (χ0) is 14.7. The summed E-state index contributed by atoms with van der Waals surface area (Å²) in [5.41, 5.74) is 2.68. The van der Waals surface area contributed by atoms with Crippen molar-refractivity contribution in [2.45, 2.75) is 13.3 Å². The number of aromatic nitrogens is 1. The van der Waals surface area contributed by atoms with Gasteiger partial charge in [0.15, 0.2) is 0 Å². The Hall–Kier alpha value is -1.94. The van der Waals surface area contributed by atoms with Crippen LogP contribution in [0.25, 0.3) is 10.9 Å². The lowest BCUT2D eigenvalue weighted by atomic mass is 10.1. The van der Waals surface area contributed by atoms with Crippen LogP contribution in [0, 0.1) is 6.92 Å². The molecule has 1 aromatic heterocycles. The summed E-state index contributed by atoms with van der Waals surface area (Å²) in [5.74, 6) is 0.293. The van der Waals surface area contributed by atoms with Crippen LogP contribution in [0.3, 0.4) is 0 Å². The minimum Gasteiger partial charge on any atom is -0.495 e. The van der Waals surface area contributed by atoms with Crippen LogP contribution in [0.1, 0.15) is 11.3 Å². The number of hydrogen-bond donors (Lipinski definition) is 1. The molecule has 1 N–H and O–H groups in total. The summed E-state index contributed by atoms with van der Waals surface area (Å²) in [6, 6.07) is 3.62. The van der Waals surface area contributed by atoms with E-state index in [1.54, 1.807) is 19.3 Å². The van der Waals surface area contributed by atoms with Gasteiger partial charge in [-0.1, -0.05) is 24.3 Å². The molecule has 20 heavy (non-hydrogen) atoms. The molecule has 0 spiro atoms. The lowest BCUT2D eigenvalue weighted by Gasteiger charge is -2.05. The van der Waals surface area contributed by atoms with Gasteiger partial charge in [-0.25, -0.2) is 0 Å². The zero-order valence-corrected chi connectivity index (χ0v) is 12.2. The Morgan fingerprint density at radius 2 is 2.25 bits per heavy atom. The molecule has 4 nitrogen and oxygen atoms in total. The first kappa shape index (κ1) is 14.5. The summed E-state index contributed by atoms with van der Waals surface area (Å²) in [6.45, 7) is 5.65. The second kappa shape index (κ2) is 6.01. The minimum absolute atomic E-state index is 0.199. The fourth-order valence-electron chi connectivity index (χ4n) is 2.12. The first-order valence-corrected chi connectivity index (χ1v) is 6.55. The van der Waals surface area contributed by atoms with E-state index in [1.807, 2.05) is 13.0 Å². The number of halogens is 1. The van der Waals surface area contributed by atoms with Crippen molar-refractivity contribution < 1.29 is 14.3 Å². The molecule has 0 aliphatic heterocycles. The largest absolute Gasteiger partial charge is 0.495 e. The van der Waals surface area contributed by atoms with Gasteiger partial charge in [-0.2, -0.15) is 0 Å². The van der Waals surface area contributed by atoms with Gasteiger partial charge < -0.3 is 14.5 Å². The highest BCUT2D eigenvalue weighted by atomic mass is 35.5. The maximum Gasteiger partial charge on any atom is 0.310 e. The number of methoxy groups -OCH3 is 1. The molecular formula is C15H16ClNO3. The summed E-state index contributed by atoms with van der Waals surface area (Å²) < 4.78 is 10.2. The number of hydrogen-bond acceptors (Lipinski definition) is 3. The number of carbonyl (C=O) groups excluding carboxylic acids is 1. The number of esters is 1. The van der Waals surface area contributed by atoms with Crippen molar-refractivity contribution >= 4 is 28.5 Å². The lowest BCUT2D eigenvalue weighted by Crippen LogP contribution is -2.08. The summed E-state index contributed by atoms with van der Waals surface area (Å²) in [5, 5.41) is 1.45. The van der Waals surface area contributed by atoms with Crippen molar-refractivity contribution in [1.82, 2.24) is 4.98 Å². The van der Waals surface area contributed by atoms with E-state index >= 15 is 0 Å². The molecule has 5 heteroatoms. The van der Waals surface area contributed by atoms with Crippen molar-refractivity contribution in [3.8, 4) is 5.75 Å². The van der Waals surface area contributed by atoms with Gasteiger partial charge in [0.25, 0.3) is 0 Å². The second-order valence-electron chi connectivity index (χ2n) is 4.41. The van der Waals surface area contributed by atoms with Gasteiger partial charge in [0, 0.05) is 16.6 Å². The second-order valence-corrected chi connectivity index (χ2v) is 4.82. The number of rotatable bonds is 5. The molecular weight excluding hydrogens is 278 g/mol. The molecule has 2 aromatic rings. The number of ether oxygens (including phenoxy) is 2. The smallest absolute Gasteiger partial charge is 0.310 e. The Balaban J connectivity index is 2.39. The molecule has 0 unspecified atom stereocenters. The molecule has 0 bridgehead atoms. The summed E-state index contributed by atoms with van der Waals surface area (Å²) in [7, 11) is 1.56. The van der Waals surface area contributed by atoms with E-state index in [1.165, 1.54) is 0 Å². The van der Waals surface area contributed by atoms with Gasteiger partial charge in [-0.15, -0.1) is 0 Å². The highest BCUT2D eigenvalue weighted by Crippen LogP contribution is 2.33. The number of fused-ring (bicyclic) bond motifs is 1. The number of aryl methyl sites for hydroxylation is 1. The van der Waals surface area contributed by atoms with Gasteiger partial charge in [-0.05, 0) is 24.6 Å². The molecule has 106 valence electrons. The van der Waals surface area contributed by atoms with Gasteiger partial charge in [-0.3, -0.25) is 4.79 Å². The molecule has 1 aromatic carbocycles. The molecule has 0 aliphatic carbocycles. The minimum atomic E-state index is -0.289. The van der Waals surface area contributed by atoms with Crippen LogP contribution in [0.5, 0.6) is 5.75 Å². The predicted octanol–water partition coefficient (Wildman–Crippen LogP) is 3.41. The third-order valence-electron chi connectivity index (χ3n) is 3.08. The number of aromatic amines is 1. The van der Waals surface area contributed by atoms with Crippen molar-refractivity contribution in [3.63, 3.8) is 0 Å². The van der Waals surface area contributed by atoms with E-state index in [0.717, 1.165) is 22.2 Å². The topological polar surface area (TPSA) is 51.3 Å². The van der Waals surface area contributed by atoms with Crippen LogP contribution in [0.15, 0.2) is 24.8 Å². The van der Waals surface area contributed by atoms with Crippen LogP contribution < -0.4 is 4.74 Å². The standard InChI is InChI=1S/C15H16ClNO3/c1-4-5-20-15(18)7-10-9(2)17-13-8-12(16)14(19-3)6-11(10)13/h4,6,8,17H,1,5,7H2,2-3H3. The van der Waals surface area contributed by atoms with E-state index in [9.17, 15) is 4.79 Å². The molecule has 0 saturated heterocycles. The quantitative estimate of drug-likeness (QED) is 0.679. The van der Waals surface area contributed by atoms with E-state index in [-0.39, 0.29) is 19.0 Å². The van der Waals surface area contributed by atoms with Gasteiger partial charge in [0.2, 0.25) is 0 Å². The average molecular weight is 294 g/mol. The van der Waals surface area contributed by atoms with Gasteiger partial charge in [0.05, 0.1) is 18.6 Å². The number of benzene rings is 1. The Kier molecular flexibility index (Phi) is 4.35. The van der Waals surface area contributed by atoms with Crippen molar-refractivity contribution in [2.24, 2.45) is 0 Å². The molecule has 0 fully saturated rings. The average Bonchev–Trinajstić information content (AvgIpc) is 2.71. The molecule has 0 amide bonds. The maximum atomic E-state index is 11.7. The molecule has 0 atom stereocenters. The van der Waals surface area contributed by atoms with E-state index in [2.05, 4.69) is 11.6 Å². The van der Waals surface area contributed by atoms with Crippen LogP contribution in [0.4, 0.5) is 0 Å². The Morgan fingerprint density at radius 1 is 1.50 bits per heavy atom. The molecule has 0 aliphatic rings. The van der Waals surface area contributed by atoms with E-state index in [0.29, 0.717) is 10.8 Å². The Labute approximate surface area is 122 Å². The first-order chi connectivity index (χ1) is 9.56. The number of nitrogens with one attached hydrogen (secondary N) is 1. The molecule has 0 saturated carbocycles. The van der Waals surface area contributed by atoms with Crippen LogP contribution in [-0.2, 0) is 16.0 Å². The third kappa shape index (κ3) is 2.80. The van der Waals surface area contributed by atoms with Crippen LogP contribution in [-0.4, -0.2) is 24.7 Å². The SMILES string of the molecule is C=CCOC(=O)Cc1c(C)[nH]c2cc(Cl)c(OC)cc12. The number of carbonyl (C=O) groups is 1. The lowest BCUT2D eigenvalue weighted by molar-refractivity contribution is -0.141. The third-order valence-corrected chi connectivity index (χ3v) is 3.37. The Morgan fingerprint density at radius 3 is 2.90 bits per heavy atom. The molecule has 0 radical (unpaired) electrons. The first-order valence-electron chi connectivity index (χ1n) is 6.18. The summed E-state index contributed by atoms with van der Waals surface area (Å²) >= 11 is 6.09. The van der Waals surface area contributed by atoms with Gasteiger partial charge >= 0.3 is 5.97 Å².